The van der Waals surface area contributed by atoms with Crippen LogP contribution in [0.4, 0.5) is 0 Å². The molecule has 37 heavy (non-hydrogen) atoms. The van der Waals surface area contributed by atoms with Crippen LogP contribution in [0.1, 0.15) is 18.4 Å². The van der Waals surface area contributed by atoms with Gasteiger partial charge in [-0.15, -0.1) is 108 Å². The number of benzene rings is 3. The summed E-state index contributed by atoms with van der Waals surface area (Å²) in [6.45, 7) is 0. The standard InChI is InChI=1S/C11H10N.2C11H8N.Ir/c3*1-2-6-10(7-3-1)11-8-4-5-9-12-11;/h1-3,5-6,9H,4,8H2;2*1-6,8-9H;/q3*-1;. The molecule has 0 fully saturated rings. The Balaban J connectivity index is 0.000000152. The van der Waals surface area contributed by atoms with E-state index in [1.54, 1.807) is 12.4 Å². The van der Waals surface area contributed by atoms with E-state index in [2.05, 4.69) is 45.3 Å². The molecule has 1 aliphatic rings. The van der Waals surface area contributed by atoms with E-state index in [1.165, 1.54) is 0 Å². The Hall–Kier alpha value is -3.98. The minimum Gasteiger partial charge on any atom is -0.309 e. The fourth-order valence-corrected chi connectivity index (χ4v) is 3.43. The first-order chi connectivity index (χ1) is 17.9. The molecule has 2 aromatic heterocycles. The van der Waals surface area contributed by atoms with Gasteiger partial charge in [0.05, 0.1) is 0 Å². The molecule has 3 nitrogen and oxygen atoms in total. The van der Waals surface area contributed by atoms with Crippen LogP contribution in [0, 0.1) is 18.2 Å². The molecule has 6 rings (SSSR count). The number of aliphatic imine (C=N–C) groups is 1. The van der Waals surface area contributed by atoms with Crippen LogP contribution < -0.4 is 0 Å². The summed E-state index contributed by atoms with van der Waals surface area (Å²) in [7, 11) is 0. The minimum atomic E-state index is 0. The summed E-state index contributed by atoms with van der Waals surface area (Å²) < 4.78 is 0. The maximum absolute atomic E-state index is 4.30. The predicted octanol–water partition coefficient (Wildman–Crippen LogP) is 7.68. The molecule has 1 aliphatic heterocycles. The third-order valence-electron chi connectivity index (χ3n) is 5.20. The molecule has 185 valence electrons. The molecule has 1 radical (unpaired) electrons. The van der Waals surface area contributed by atoms with Crippen molar-refractivity contribution in [2.24, 2.45) is 4.99 Å². The van der Waals surface area contributed by atoms with Crippen molar-refractivity contribution in [3.05, 3.63) is 158 Å². The molecule has 5 aromatic rings. The van der Waals surface area contributed by atoms with Crippen LogP contribution >= 0.6 is 0 Å². The van der Waals surface area contributed by atoms with Crippen LogP contribution in [0.15, 0.2) is 139 Å². The summed E-state index contributed by atoms with van der Waals surface area (Å²) >= 11 is 0. The Labute approximate surface area is 233 Å². The fraction of sp³-hybridized carbons (Fsp3) is 0.0606. The van der Waals surface area contributed by atoms with Crippen LogP contribution in [-0.4, -0.2) is 15.7 Å². The molecular weight excluding hydrogens is 631 g/mol. The summed E-state index contributed by atoms with van der Waals surface area (Å²) in [6.07, 6.45) is 9.68. The second-order valence-electron chi connectivity index (χ2n) is 7.76. The van der Waals surface area contributed by atoms with Crippen LogP contribution in [-0.2, 0) is 20.1 Å². The maximum atomic E-state index is 4.30. The van der Waals surface area contributed by atoms with E-state index >= 15 is 0 Å². The van der Waals surface area contributed by atoms with E-state index < -0.39 is 0 Å². The van der Waals surface area contributed by atoms with Crippen LogP contribution in [0.3, 0.4) is 0 Å². The van der Waals surface area contributed by atoms with E-state index in [4.69, 9.17) is 0 Å². The van der Waals surface area contributed by atoms with Gasteiger partial charge in [-0.3, -0.25) is 0 Å². The van der Waals surface area contributed by atoms with Crippen LogP contribution in [0.25, 0.3) is 22.5 Å². The molecule has 3 aromatic carbocycles. The topological polar surface area (TPSA) is 38.1 Å². The third-order valence-corrected chi connectivity index (χ3v) is 5.20. The molecule has 0 unspecified atom stereocenters. The SMILES string of the molecule is [Ir].[c-]1ccccc1-c1ccccn1.[c-]1ccccc1-c1ccccn1.[c-]1ccccc1C1=NC=CCC1. The van der Waals surface area contributed by atoms with E-state index in [1.807, 2.05) is 109 Å². The Morgan fingerprint density at radius 3 is 1.41 bits per heavy atom. The Morgan fingerprint density at radius 1 is 0.541 bits per heavy atom. The molecule has 0 bridgehead atoms. The number of hydrogen-bond donors (Lipinski definition) is 0. The van der Waals surface area contributed by atoms with Crippen LogP contribution in [0.5, 0.6) is 0 Å². The molecule has 4 heteroatoms. The van der Waals surface area contributed by atoms with Gasteiger partial charge in [0.25, 0.3) is 0 Å². The van der Waals surface area contributed by atoms with Gasteiger partial charge in [-0.1, -0.05) is 30.3 Å². The van der Waals surface area contributed by atoms with Crippen molar-refractivity contribution in [1.82, 2.24) is 9.97 Å². The van der Waals surface area contributed by atoms with Gasteiger partial charge in [-0.05, 0) is 42.1 Å². The minimum absolute atomic E-state index is 0. The monoisotopic (exact) mass is 657 g/mol. The van der Waals surface area contributed by atoms with Crippen molar-refractivity contribution in [2.45, 2.75) is 12.8 Å². The van der Waals surface area contributed by atoms with E-state index in [0.717, 1.165) is 46.6 Å². The van der Waals surface area contributed by atoms with Crippen molar-refractivity contribution in [3.63, 3.8) is 0 Å². The van der Waals surface area contributed by atoms with Gasteiger partial charge >= 0.3 is 0 Å². The van der Waals surface area contributed by atoms with Gasteiger partial charge < -0.3 is 15.0 Å². The summed E-state index contributed by atoms with van der Waals surface area (Å²) in [5.41, 5.74) is 6.30. The largest absolute Gasteiger partial charge is 0.309 e. The number of hydrogen-bond acceptors (Lipinski definition) is 3. The first kappa shape index (κ1) is 27.6. The molecule has 0 spiro atoms. The second-order valence-corrected chi connectivity index (χ2v) is 7.76. The van der Waals surface area contributed by atoms with Crippen molar-refractivity contribution in [3.8, 4) is 22.5 Å². The van der Waals surface area contributed by atoms with Crippen LogP contribution in [0.2, 0.25) is 0 Å². The molecule has 3 heterocycles. The molecule has 0 N–H and O–H groups in total. The van der Waals surface area contributed by atoms with E-state index in [-0.39, 0.29) is 20.1 Å². The molecular formula is C33H26IrN3-3. The van der Waals surface area contributed by atoms with Gasteiger partial charge in [-0.2, -0.15) is 0 Å². The Bertz CT molecular complexity index is 1190. The first-order valence-corrected chi connectivity index (χ1v) is 11.8. The second kappa shape index (κ2) is 15.9. The zero-order valence-electron chi connectivity index (χ0n) is 20.3. The Kier molecular flexibility index (Phi) is 11.9. The molecule has 0 saturated carbocycles. The summed E-state index contributed by atoms with van der Waals surface area (Å²) in [5.74, 6) is 0. The smallest absolute Gasteiger partial charge is 0.0160 e. The molecule has 0 atom stereocenters. The van der Waals surface area contributed by atoms with Gasteiger partial charge in [0, 0.05) is 38.7 Å². The van der Waals surface area contributed by atoms with Crippen molar-refractivity contribution in [1.29, 1.82) is 0 Å². The average molecular weight is 657 g/mol. The van der Waals surface area contributed by atoms with Crippen molar-refractivity contribution in [2.75, 3.05) is 0 Å². The molecule has 0 aliphatic carbocycles. The summed E-state index contributed by atoms with van der Waals surface area (Å²) in [6, 6.07) is 44.8. The average Bonchev–Trinajstić information content (AvgIpc) is 3.01. The Morgan fingerprint density at radius 2 is 1.03 bits per heavy atom. The first-order valence-electron chi connectivity index (χ1n) is 11.8. The normalized spacial score (nSPS) is 11.4. The number of pyridine rings is 2. The van der Waals surface area contributed by atoms with Gasteiger partial charge in [0.2, 0.25) is 0 Å². The quantitative estimate of drug-likeness (QED) is 0.187. The van der Waals surface area contributed by atoms with E-state index in [0.29, 0.717) is 0 Å². The van der Waals surface area contributed by atoms with Crippen molar-refractivity contribution >= 4 is 5.71 Å². The summed E-state index contributed by atoms with van der Waals surface area (Å²) in [5, 5.41) is 0. The van der Waals surface area contributed by atoms with Crippen molar-refractivity contribution < 1.29 is 20.1 Å². The molecule has 0 amide bonds. The number of nitrogens with zero attached hydrogens (tertiary/aromatic N) is 3. The number of aromatic nitrogens is 2. The van der Waals surface area contributed by atoms with Gasteiger partial charge in [0.1, 0.15) is 0 Å². The fourth-order valence-electron chi connectivity index (χ4n) is 3.43. The zero-order chi connectivity index (χ0) is 24.7. The number of rotatable bonds is 3. The molecule has 0 saturated heterocycles. The maximum Gasteiger partial charge on any atom is 0.0160 e. The predicted molar refractivity (Wildman–Crippen MR) is 147 cm³/mol. The van der Waals surface area contributed by atoms with Gasteiger partial charge in [0.15, 0.2) is 0 Å². The van der Waals surface area contributed by atoms with E-state index in [9.17, 15) is 0 Å². The van der Waals surface area contributed by atoms with Gasteiger partial charge in [-0.25, -0.2) is 0 Å². The summed E-state index contributed by atoms with van der Waals surface area (Å²) in [4.78, 5) is 12.7. The third kappa shape index (κ3) is 9.19. The zero-order valence-corrected chi connectivity index (χ0v) is 22.7. The number of allylic oxidation sites excluding steroid dienone is 1.